The third-order valence-electron chi connectivity index (χ3n) is 3.30. The Labute approximate surface area is 118 Å². The summed E-state index contributed by atoms with van der Waals surface area (Å²) in [5, 5.41) is 6.59. The Morgan fingerprint density at radius 3 is 2.80 bits per heavy atom. The Balaban J connectivity index is 1.82. The minimum atomic E-state index is 0.251. The van der Waals surface area contributed by atoms with E-state index in [9.17, 15) is 0 Å². The van der Waals surface area contributed by atoms with E-state index in [4.69, 9.17) is 0 Å². The van der Waals surface area contributed by atoms with E-state index in [1.54, 1.807) is 18.5 Å². The summed E-state index contributed by atoms with van der Waals surface area (Å²) in [6, 6.07) is 3.94. The summed E-state index contributed by atoms with van der Waals surface area (Å²) in [6.07, 6.45) is 6.94. The Morgan fingerprint density at radius 2 is 2.05 bits per heavy atom. The predicted octanol–water partition coefficient (Wildman–Crippen LogP) is 2.13. The Kier molecular flexibility index (Phi) is 3.83. The molecule has 6 nitrogen and oxygen atoms in total. The van der Waals surface area contributed by atoms with Gasteiger partial charge >= 0.3 is 0 Å². The van der Waals surface area contributed by atoms with Gasteiger partial charge in [-0.2, -0.15) is 0 Å². The summed E-state index contributed by atoms with van der Waals surface area (Å²) < 4.78 is 0. The number of aryl methyl sites for hydroxylation is 1. The van der Waals surface area contributed by atoms with Crippen molar-refractivity contribution < 1.29 is 0 Å². The van der Waals surface area contributed by atoms with Crippen molar-refractivity contribution in [2.45, 2.75) is 32.2 Å². The molecule has 2 aromatic rings. The van der Waals surface area contributed by atoms with Gasteiger partial charge in [-0.3, -0.25) is 0 Å². The number of nitrogens with zero attached hydrogens (tertiary/aromatic N) is 4. The summed E-state index contributed by atoms with van der Waals surface area (Å²) in [6.45, 7) is 3.01. The van der Waals surface area contributed by atoms with Crippen molar-refractivity contribution in [3.05, 3.63) is 36.0 Å². The summed E-state index contributed by atoms with van der Waals surface area (Å²) in [7, 11) is 0. The highest BCUT2D eigenvalue weighted by molar-refractivity contribution is 5.47. The van der Waals surface area contributed by atoms with Gasteiger partial charge in [0.15, 0.2) is 0 Å². The number of anilines is 2. The van der Waals surface area contributed by atoms with E-state index in [0.717, 1.165) is 30.3 Å². The van der Waals surface area contributed by atoms with Crippen molar-refractivity contribution in [2.24, 2.45) is 0 Å². The molecule has 0 amide bonds. The lowest BCUT2D eigenvalue weighted by Gasteiger charge is -2.22. The van der Waals surface area contributed by atoms with Crippen molar-refractivity contribution in [1.82, 2.24) is 25.3 Å². The zero-order chi connectivity index (χ0) is 13.8. The second-order valence-electron chi connectivity index (χ2n) is 4.95. The fourth-order valence-electron chi connectivity index (χ4n) is 2.36. The number of piperidine rings is 1. The molecule has 0 aromatic carbocycles. The van der Waals surface area contributed by atoms with Crippen LogP contribution in [-0.2, 0) is 0 Å². The molecular weight excluding hydrogens is 252 g/mol. The molecular formula is C14H18N6. The van der Waals surface area contributed by atoms with Crippen LogP contribution in [0.2, 0.25) is 0 Å². The average molecular weight is 270 g/mol. The molecule has 3 heterocycles. The third-order valence-corrected chi connectivity index (χ3v) is 3.30. The number of aromatic nitrogens is 4. The maximum atomic E-state index is 4.59. The van der Waals surface area contributed by atoms with Crippen LogP contribution in [0, 0.1) is 6.92 Å². The van der Waals surface area contributed by atoms with Crippen LogP contribution in [0.3, 0.4) is 0 Å². The smallest absolute Gasteiger partial charge is 0.228 e. The monoisotopic (exact) mass is 270 g/mol. The van der Waals surface area contributed by atoms with Gasteiger partial charge in [0.25, 0.3) is 0 Å². The Hall–Kier alpha value is -2.08. The molecule has 0 aliphatic carbocycles. The fourth-order valence-corrected chi connectivity index (χ4v) is 2.36. The second kappa shape index (κ2) is 5.92. The number of hydrogen-bond acceptors (Lipinski definition) is 6. The van der Waals surface area contributed by atoms with Gasteiger partial charge < -0.3 is 10.6 Å². The highest BCUT2D eigenvalue weighted by Gasteiger charge is 2.18. The van der Waals surface area contributed by atoms with Crippen molar-refractivity contribution in [2.75, 3.05) is 11.9 Å². The van der Waals surface area contributed by atoms with Crippen LogP contribution in [0.4, 0.5) is 11.8 Å². The first-order valence-electron chi connectivity index (χ1n) is 6.94. The largest absolute Gasteiger partial charge is 0.309 e. The van der Waals surface area contributed by atoms with Crippen LogP contribution < -0.4 is 10.6 Å². The number of rotatable bonds is 3. The predicted molar refractivity (Wildman–Crippen MR) is 76.7 cm³/mol. The van der Waals surface area contributed by atoms with Gasteiger partial charge in [0, 0.05) is 24.2 Å². The quantitative estimate of drug-likeness (QED) is 0.890. The average Bonchev–Trinajstić information content (AvgIpc) is 2.49. The molecule has 0 saturated carbocycles. The van der Waals surface area contributed by atoms with Gasteiger partial charge in [0.1, 0.15) is 11.6 Å². The van der Waals surface area contributed by atoms with Crippen LogP contribution in [0.15, 0.2) is 24.5 Å². The van der Waals surface area contributed by atoms with Crippen LogP contribution in [0.1, 0.15) is 36.8 Å². The molecule has 0 spiro atoms. The highest BCUT2D eigenvalue weighted by atomic mass is 15.2. The van der Waals surface area contributed by atoms with Gasteiger partial charge in [0.05, 0.1) is 6.04 Å². The van der Waals surface area contributed by atoms with E-state index < -0.39 is 0 Å². The van der Waals surface area contributed by atoms with Crippen LogP contribution in [0.5, 0.6) is 0 Å². The molecule has 2 N–H and O–H groups in total. The molecule has 3 rings (SSSR count). The normalized spacial score (nSPS) is 18.8. The minimum absolute atomic E-state index is 0.251. The van der Waals surface area contributed by atoms with E-state index in [1.165, 1.54) is 12.8 Å². The van der Waals surface area contributed by atoms with Crippen molar-refractivity contribution >= 4 is 11.8 Å². The first-order chi connectivity index (χ1) is 9.81. The van der Waals surface area contributed by atoms with E-state index in [-0.39, 0.29) is 6.04 Å². The zero-order valence-corrected chi connectivity index (χ0v) is 11.5. The van der Waals surface area contributed by atoms with E-state index in [0.29, 0.717) is 5.95 Å². The summed E-state index contributed by atoms with van der Waals surface area (Å²) in [4.78, 5) is 17.4. The van der Waals surface area contributed by atoms with E-state index in [1.807, 2.05) is 13.0 Å². The molecule has 2 aromatic heterocycles. The third kappa shape index (κ3) is 3.08. The summed E-state index contributed by atoms with van der Waals surface area (Å²) in [5.74, 6) is 2.14. The van der Waals surface area contributed by atoms with E-state index >= 15 is 0 Å². The van der Waals surface area contributed by atoms with Gasteiger partial charge in [-0.25, -0.2) is 19.9 Å². The van der Waals surface area contributed by atoms with E-state index in [2.05, 4.69) is 30.6 Å². The lowest BCUT2D eigenvalue weighted by Crippen LogP contribution is -2.28. The van der Waals surface area contributed by atoms with Gasteiger partial charge in [-0.05, 0) is 32.4 Å². The van der Waals surface area contributed by atoms with Gasteiger partial charge in [-0.1, -0.05) is 6.42 Å². The maximum Gasteiger partial charge on any atom is 0.228 e. The molecule has 6 heteroatoms. The second-order valence-corrected chi connectivity index (χ2v) is 4.95. The zero-order valence-electron chi connectivity index (χ0n) is 11.5. The SMILES string of the molecule is Cc1cc(Nc2ncccn2)nc([C@H]2CCCCN2)n1. The topological polar surface area (TPSA) is 75.6 Å². The molecule has 0 bridgehead atoms. The summed E-state index contributed by atoms with van der Waals surface area (Å²) in [5.41, 5.74) is 0.945. The lowest BCUT2D eigenvalue weighted by atomic mass is 10.0. The lowest BCUT2D eigenvalue weighted by molar-refractivity contribution is 0.397. The molecule has 1 atom stereocenters. The van der Waals surface area contributed by atoms with Crippen molar-refractivity contribution in [3.63, 3.8) is 0 Å². The molecule has 0 radical (unpaired) electrons. The molecule has 0 unspecified atom stereocenters. The highest BCUT2D eigenvalue weighted by Crippen LogP contribution is 2.22. The fraction of sp³-hybridized carbons (Fsp3) is 0.429. The van der Waals surface area contributed by atoms with Crippen LogP contribution in [-0.4, -0.2) is 26.5 Å². The molecule has 1 saturated heterocycles. The van der Waals surface area contributed by atoms with Crippen molar-refractivity contribution in [1.29, 1.82) is 0 Å². The van der Waals surface area contributed by atoms with Crippen LogP contribution in [0.25, 0.3) is 0 Å². The Bertz CT molecular complexity index is 565. The van der Waals surface area contributed by atoms with Gasteiger partial charge in [-0.15, -0.1) is 0 Å². The molecule has 104 valence electrons. The minimum Gasteiger partial charge on any atom is -0.309 e. The molecule has 1 aliphatic heterocycles. The van der Waals surface area contributed by atoms with Crippen molar-refractivity contribution in [3.8, 4) is 0 Å². The number of nitrogens with one attached hydrogen (secondary N) is 2. The molecule has 20 heavy (non-hydrogen) atoms. The first-order valence-corrected chi connectivity index (χ1v) is 6.94. The maximum absolute atomic E-state index is 4.59. The molecule has 1 aliphatic rings. The molecule has 1 fully saturated rings. The Morgan fingerprint density at radius 1 is 1.20 bits per heavy atom. The standard InChI is InChI=1S/C14H18N6/c1-10-9-12(20-14-16-7-4-8-17-14)19-13(18-10)11-5-2-3-6-15-11/h4,7-9,11,15H,2-3,5-6H2,1H3,(H,16,17,18,19,20)/t11-/m1/s1. The summed E-state index contributed by atoms with van der Waals surface area (Å²) >= 11 is 0. The van der Waals surface area contributed by atoms with Gasteiger partial charge in [0.2, 0.25) is 5.95 Å². The first kappa shape index (κ1) is 12.9. The number of hydrogen-bond donors (Lipinski definition) is 2. The van der Waals surface area contributed by atoms with Crippen LogP contribution >= 0.6 is 0 Å².